The van der Waals surface area contributed by atoms with Crippen molar-refractivity contribution in [3.05, 3.63) is 0 Å². The Morgan fingerprint density at radius 2 is 2.21 bits per heavy atom. The van der Waals surface area contributed by atoms with E-state index in [2.05, 4.69) is 13.8 Å². The third kappa shape index (κ3) is 0.796. The van der Waals surface area contributed by atoms with E-state index in [4.69, 9.17) is 4.74 Å². The van der Waals surface area contributed by atoms with Gasteiger partial charge in [-0.25, -0.2) is 0 Å². The smallest absolute Gasteiger partial charge is 0.164 e. The Morgan fingerprint density at radius 3 is 3.00 bits per heavy atom. The molecule has 2 nitrogen and oxygen atoms in total. The predicted molar refractivity (Wildman–Crippen MR) is 53.0 cm³/mol. The first-order valence-corrected chi connectivity index (χ1v) is 5.81. The minimum absolute atomic E-state index is 0.0310. The normalized spacial score (nSPS) is 56.3. The average molecular weight is 194 g/mol. The third-order valence-electron chi connectivity index (χ3n) is 4.90. The molecule has 78 valence electrons. The molecule has 2 saturated carbocycles. The number of carbonyl (C=O) groups excluding carboxylic acids is 1. The van der Waals surface area contributed by atoms with Crippen molar-refractivity contribution >= 4 is 5.78 Å². The van der Waals surface area contributed by atoms with E-state index in [0.29, 0.717) is 17.1 Å². The molecule has 0 unspecified atom stereocenters. The first-order chi connectivity index (χ1) is 6.60. The molecule has 1 heterocycles. The number of ether oxygens (including phenoxy) is 1. The second-order valence-electron chi connectivity index (χ2n) is 5.61. The van der Waals surface area contributed by atoms with E-state index in [9.17, 15) is 4.79 Å². The first kappa shape index (κ1) is 8.90. The van der Waals surface area contributed by atoms with Crippen molar-refractivity contribution in [2.24, 2.45) is 11.3 Å². The quantitative estimate of drug-likeness (QED) is 0.554. The summed E-state index contributed by atoms with van der Waals surface area (Å²) in [6, 6.07) is 0. The van der Waals surface area contributed by atoms with Gasteiger partial charge < -0.3 is 4.74 Å². The number of epoxide rings is 1. The Bertz CT molecular complexity index is 299. The monoisotopic (exact) mass is 194 g/mol. The first-order valence-electron chi connectivity index (χ1n) is 5.81. The molecule has 3 rings (SSSR count). The molecular formula is C12H18O2. The third-order valence-corrected chi connectivity index (χ3v) is 4.90. The zero-order chi connectivity index (χ0) is 9.97. The van der Waals surface area contributed by atoms with Gasteiger partial charge in [-0.2, -0.15) is 0 Å². The Balaban J connectivity index is 2.01. The zero-order valence-electron chi connectivity index (χ0n) is 9.01. The number of rotatable bonds is 0. The van der Waals surface area contributed by atoms with Crippen LogP contribution >= 0.6 is 0 Å². The molecule has 0 amide bonds. The SMILES string of the molecule is C[C@H]1CCC[C@@]2(C)CCC(=O)[C@@H]3O[C@@]132. The molecule has 1 spiro atoms. The maximum absolute atomic E-state index is 11.6. The molecule has 1 saturated heterocycles. The Morgan fingerprint density at radius 1 is 1.43 bits per heavy atom. The molecule has 4 atom stereocenters. The molecule has 3 fully saturated rings. The molecule has 0 aromatic carbocycles. The maximum Gasteiger partial charge on any atom is 0.164 e. The standard InChI is InChI=1S/C12H18O2/c1-8-4-3-6-11(2)7-5-9(13)10-12(8,11)14-10/h8,10H,3-7H2,1-2H3/t8-,10-,11-,12-/m0/s1. The molecule has 0 radical (unpaired) electrons. The van der Waals surface area contributed by atoms with Crippen LogP contribution in [-0.2, 0) is 9.53 Å². The fourth-order valence-electron chi connectivity index (χ4n) is 3.95. The lowest BCUT2D eigenvalue weighted by Crippen LogP contribution is -2.50. The molecule has 0 bridgehead atoms. The zero-order valence-corrected chi connectivity index (χ0v) is 9.01. The highest BCUT2D eigenvalue weighted by atomic mass is 16.6. The van der Waals surface area contributed by atoms with Gasteiger partial charge in [0.05, 0.1) is 0 Å². The molecule has 0 N–H and O–H groups in total. The average Bonchev–Trinajstić information content (AvgIpc) is 2.88. The summed E-state index contributed by atoms with van der Waals surface area (Å²) in [5.74, 6) is 0.937. The summed E-state index contributed by atoms with van der Waals surface area (Å²) in [4.78, 5) is 11.6. The van der Waals surface area contributed by atoms with E-state index in [0.717, 1.165) is 12.8 Å². The lowest BCUT2D eigenvalue weighted by molar-refractivity contribution is -0.122. The summed E-state index contributed by atoms with van der Waals surface area (Å²) in [5, 5.41) is 0. The Hall–Kier alpha value is -0.370. The fourth-order valence-corrected chi connectivity index (χ4v) is 3.95. The predicted octanol–water partition coefficient (Wildman–Crippen LogP) is 2.31. The maximum atomic E-state index is 11.6. The summed E-state index contributed by atoms with van der Waals surface area (Å²) in [5.41, 5.74) is 0.254. The topological polar surface area (TPSA) is 29.6 Å². The van der Waals surface area contributed by atoms with E-state index in [1.807, 2.05) is 0 Å². The van der Waals surface area contributed by atoms with Crippen LogP contribution in [0.5, 0.6) is 0 Å². The lowest BCUT2D eigenvalue weighted by atomic mass is 9.56. The second kappa shape index (κ2) is 2.41. The number of hydrogen-bond donors (Lipinski definition) is 0. The summed E-state index contributed by atoms with van der Waals surface area (Å²) in [7, 11) is 0. The van der Waals surface area contributed by atoms with Crippen molar-refractivity contribution in [3.63, 3.8) is 0 Å². The summed E-state index contributed by atoms with van der Waals surface area (Å²) in [6.07, 6.45) is 5.56. The van der Waals surface area contributed by atoms with Crippen LogP contribution in [0.1, 0.15) is 46.0 Å². The van der Waals surface area contributed by atoms with Crippen LogP contribution in [-0.4, -0.2) is 17.5 Å². The van der Waals surface area contributed by atoms with Crippen molar-refractivity contribution < 1.29 is 9.53 Å². The van der Waals surface area contributed by atoms with Crippen LogP contribution in [0.3, 0.4) is 0 Å². The fraction of sp³-hybridized carbons (Fsp3) is 0.917. The van der Waals surface area contributed by atoms with Gasteiger partial charge in [0.25, 0.3) is 0 Å². The van der Waals surface area contributed by atoms with Gasteiger partial charge >= 0.3 is 0 Å². The Labute approximate surface area is 85.0 Å². The van der Waals surface area contributed by atoms with E-state index in [1.54, 1.807) is 0 Å². The second-order valence-corrected chi connectivity index (χ2v) is 5.61. The van der Waals surface area contributed by atoms with Crippen LogP contribution in [0, 0.1) is 11.3 Å². The van der Waals surface area contributed by atoms with Gasteiger partial charge in [0.15, 0.2) is 5.78 Å². The van der Waals surface area contributed by atoms with E-state index >= 15 is 0 Å². The van der Waals surface area contributed by atoms with Gasteiger partial charge in [0, 0.05) is 11.8 Å². The molecule has 14 heavy (non-hydrogen) atoms. The van der Waals surface area contributed by atoms with Gasteiger partial charge in [-0.3, -0.25) is 4.79 Å². The van der Waals surface area contributed by atoms with Crippen LogP contribution in [0.2, 0.25) is 0 Å². The molecule has 2 aliphatic carbocycles. The van der Waals surface area contributed by atoms with Crippen LogP contribution < -0.4 is 0 Å². The van der Waals surface area contributed by atoms with Gasteiger partial charge in [0.1, 0.15) is 11.7 Å². The Kier molecular flexibility index (Phi) is 1.53. The van der Waals surface area contributed by atoms with Crippen molar-refractivity contribution in [1.82, 2.24) is 0 Å². The van der Waals surface area contributed by atoms with Gasteiger partial charge in [-0.15, -0.1) is 0 Å². The molecule has 1 aliphatic heterocycles. The highest BCUT2D eigenvalue weighted by Gasteiger charge is 2.74. The highest BCUT2D eigenvalue weighted by Crippen LogP contribution is 2.65. The van der Waals surface area contributed by atoms with E-state index < -0.39 is 0 Å². The number of Topliss-reactive ketones (excluding diaryl/α,β-unsaturated/α-hetero) is 1. The number of hydrogen-bond acceptors (Lipinski definition) is 2. The molecule has 2 heteroatoms. The molecular weight excluding hydrogens is 176 g/mol. The molecule has 0 aromatic rings. The van der Waals surface area contributed by atoms with Gasteiger partial charge in [-0.1, -0.05) is 20.3 Å². The van der Waals surface area contributed by atoms with Crippen LogP contribution in [0.4, 0.5) is 0 Å². The van der Waals surface area contributed by atoms with E-state index in [1.165, 1.54) is 19.3 Å². The minimum Gasteiger partial charge on any atom is -0.357 e. The minimum atomic E-state index is -0.0411. The van der Waals surface area contributed by atoms with Crippen molar-refractivity contribution in [2.45, 2.75) is 57.7 Å². The largest absolute Gasteiger partial charge is 0.357 e. The van der Waals surface area contributed by atoms with Gasteiger partial charge in [0.2, 0.25) is 0 Å². The van der Waals surface area contributed by atoms with Crippen molar-refractivity contribution in [3.8, 4) is 0 Å². The van der Waals surface area contributed by atoms with Gasteiger partial charge in [-0.05, 0) is 25.2 Å². The summed E-state index contributed by atoms with van der Waals surface area (Å²) >= 11 is 0. The molecule has 0 aromatic heterocycles. The van der Waals surface area contributed by atoms with Crippen LogP contribution in [0.25, 0.3) is 0 Å². The summed E-state index contributed by atoms with van der Waals surface area (Å²) < 4.78 is 5.85. The molecule has 3 aliphatic rings. The van der Waals surface area contributed by atoms with Crippen molar-refractivity contribution in [1.29, 1.82) is 0 Å². The summed E-state index contributed by atoms with van der Waals surface area (Å²) in [6.45, 7) is 4.59. The lowest BCUT2D eigenvalue weighted by Gasteiger charge is -2.45. The van der Waals surface area contributed by atoms with E-state index in [-0.39, 0.29) is 11.7 Å². The number of carbonyl (C=O) groups is 1. The number of ketones is 1. The van der Waals surface area contributed by atoms with Crippen molar-refractivity contribution in [2.75, 3.05) is 0 Å². The highest BCUT2D eigenvalue weighted by molar-refractivity contribution is 5.88. The van der Waals surface area contributed by atoms with Crippen LogP contribution in [0.15, 0.2) is 0 Å².